The van der Waals surface area contributed by atoms with Gasteiger partial charge in [0.1, 0.15) is 5.82 Å². The molecule has 0 aliphatic heterocycles. The van der Waals surface area contributed by atoms with Crippen LogP contribution < -0.4 is 5.56 Å². The lowest BCUT2D eigenvalue weighted by atomic mass is 9.95. The number of nitrogens with zero attached hydrogens (tertiary/aromatic N) is 1. The van der Waals surface area contributed by atoms with Crippen molar-refractivity contribution in [1.29, 1.82) is 0 Å². The summed E-state index contributed by atoms with van der Waals surface area (Å²) in [6.45, 7) is 8.07. The Balaban J connectivity index is 2.79. The number of aromatic nitrogens is 2. The first kappa shape index (κ1) is 10.9. The molecule has 0 aliphatic carbocycles. The van der Waals surface area contributed by atoms with E-state index < -0.39 is 0 Å². The van der Waals surface area contributed by atoms with Crippen LogP contribution in [0.15, 0.2) is 23.0 Å². The molecule has 0 atom stereocenters. The minimum atomic E-state index is -0.141. The highest BCUT2D eigenvalue weighted by atomic mass is 16.1. The fourth-order valence-corrected chi connectivity index (χ4v) is 1.61. The van der Waals surface area contributed by atoms with E-state index >= 15 is 0 Å². The van der Waals surface area contributed by atoms with E-state index in [1.54, 1.807) is 0 Å². The first-order valence-electron chi connectivity index (χ1n) is 5.39. The molecule has 1 aromatic heterocycles. The van der Waals surface area contributed by atoms with E-state index in [0.717, 1.165) is 16.9 Å². The second kappa shape index (κ2) is 3.44. The van der Waals surface area contributed by atoms with Crippen molar-refractivity contribution in [1.82, 2.24) is 9.97 Å². The molecule has 3 heteroatoms. The van der Waals surface area contributed by atoms with Gasteiger partial charge in [-0.1, -0.05) is 32.4 Å². The summed E-state index contributed by atoms with van der Waals surface area (Å²) in [5, 5.41) is 0.660. The molecule has 2 rings (SSSR count). The summed E-state index contributed by atoms with van der Waals surface area (Å²) in [7, 11) is 0. The molecule has 0 radical (unpaired) electrons. The van der Waals surface area contributed by atoms with Gasteiger partial charge in [-0.15, -0.1) is 0 Å². The monoisotopic (exact) mass is 216 g/mol. The number of hydrogen-bond donors (Lipinski definition) is 1. The second-order valence-corrected chi connectivity index (χ2v) is 5.19. The molecule has 2 aromatic rings. The standard InChI is InChI=1S/C13H16N2O/c1-8-5-6-10-9(7-8)11(16)15-12(14-10)13(2,3)4/h5-7H,1-4H3,(H,14,15,16). The minimum Gasteiger partial charge on any atom is -0.310 e. The average Bonchev–Trinajstić information content (AvgIpc) is 2.17. The molecular weight excluding hydrogens is 200 g/mol. The van der Waals surface area contributed by atoms with E-state index in [1.165, 1.54) is 0 Å². The van der Waals surface area contributed by atoms with Gasteiger partial charge in [-0.2, -0.15) is 0 Å². The summed E-state index contributed by atoms with van der Waals surface area (Å²) < 4.78 is 0. The van der Waals surface area contributed by atoms with E-state index in [-0.39, 0.29) is 11.0 Å². The van der Waals surface area contributed by atoms with E-state index in [1.807, 2.05) is 45.9 Å². The number of benzene rings is 1. The van der Waals surface area contributed by atoms with E-state index in [4.69, 9.17) is 0 Å². The largest absolute Gasteiger partial charge is 0.310 e. The van der Waals surface area contributed by atoms with Gasteiger partial charge >= 0.3 is 0 Å². The van der Waals surface area contributed by atoms with Crippen molar-refractivity contribution in [3.63, 3.8) is 0 Å². The zero-order valence-corrected chi connectivity index (χ0v) is 10.1. The SMILES string of the molecule is Cc1ccc2nc(C(C)(C)C)[nH]c(=O)c2c1. The maximum atomic E-state index is 11.9. The highest BCUT2D eigenvalue weighted by Crippen LogP contribution is 2.19. The minimum absolute atomic E-state index is 0.0568. The maximum Gasteiger partial charge on any atom is 0.258 e. The Hall–Kier alpha value is -1.64. The number of fused-ring (bicyclic) bond motifs is 1. The molecule has 0 unspecified atom stereocenters. The molecular formula is C13H16N2O. The lowest BCUT2D eigenvalue weighted by Crippen LogP contribution is -2.22. The molecule has 1 heterocycles. The zero-order valence-electron chi connectivity index (χ0n) is 10.1. The predicted molar refractivity (Wildman–Crippen MR) is 65.8 cm³/mol. The third-order valence-electron chi connectivity index (χ3n) is 2.57. The third-order valence-corrected chi connectivity index (χ3v) is 2.57. The fourth-order valence-electron chi connectivity index (χ4n) is 1.61. The smallest absolute Gasteiger partial charge is 0.258 e. The van der Waals surface area contributed by atoms with Gasteiger partial charge in [-0.05, 0) is 19.1 Å². The van der Waals surface area contributed by atoms with Gasteiger partial charge in [0.15, 0.2) is 0 Å². The Kier molecular flexibility index (Phi) is 2.34. The molecule has 16 heavy (non-hydrogen) atoms. The molecule has 1 N–H and O–H groups in total. The number of aromatic amines is 1. The number of aryl methyl sites for hydroxylation is 1. The van der Waals surface area contributed by atoms with Crippen molar-refractivity contribution < 1.29 is 0 Å². The van der Waals surface area contributed by atoms with Crippen LogP contribution in [0.4, 0.5) is 0 Å². The van der Waals surface area contributed by atoms with Crippen LogP contribution in [0.2, 0.25) is 0 Å². The van der Waals surface area contributed by atoms with Crippen LogP contribution in [0, 0.1) is 6.92 Å². The molecule has 0 spiro atoms. The van der Waals surface area contributed by atoms with Crippen LogP contribution >= 0.6 is 0 Å². The van der Waals surface area contributed by atoms with Crippen LogP contribution in [-0.2, 0) is 5.41 Å². The molecule has 0 amide bonds. The normalized spacial score (nSPS) is 12.0. The van der Waals surface area contributed by atoms with Crippen molar-refractivity contribution in [2.45, 2.75) is 33.1 Å². The zero-order chi connectivity index (χ0) is 11.9. The molecule has 0 fully saturated rings. The third kappa shape index (κ3) is 1.85. The lowest BCUT2D eigenvalue weighted by molar-refractivity contribution is 0.546. The van der Waals surface area contributed by atoms with Crippen molar-refractivity contribution in [3.8, 4) is 0 Å². The highest BCUT2D eigenvalue weighted by molar-refractivity contribution is 5.78. The second-order valence-electron chi connectivity index (χ2n) is 5.19. The van der Waals surface area contributed by atoms with Gasteiger partial charge in [0.05, 0.1) is 10.9 Å². The summed E-state index contributed by atoms with van der Waals surface area (Å²) in [5.74, 6) is 0.730. The summed E-state index contributed by atoms with van der Waals surface area (Å²) >= 11 is 0. The first-order valence-corrected chi connectivity index (χ1v) is 5.39. The van der Waals surface area contributed by atoms with Gasteiger partial charge in [0, 0.05) is 5.41 Å². The van der Waals surface area contributed by atoms with Crippen molar-refractivity contribution in [2.75, 3.05) is 0 Å². The number of rotatable bonds is 0. The molecule has 0 saturated heterocycles. The molecule has 84 valence electrons. The summed E-state index contributed by atoms with van der Waals surface area (Å²) in [5.41, 5.74) is 1.64. The van der Waals surface area contributed by atoms with Gasteiger partial charge < -0.3 is 4.98 Å². The van der Waals surface area contributed by atoms with Crippen molar-refractivity contribution in [2.24, 2.45) is 0 Å². The molecule has 1 aromatic carbocycles. The average molecular weight is 216 g/mol. The van der Waals surface area contributed by atoms with Gasteiger partial charge in [0.2, 0.25) is 0 Å². The Morgan fingerprint density at radius 1 is 1.25 bits per heavy atom. The van der Waals surface area contributed by atoms with Crippen LogP contribution in [0.5, 0.6) is 0 Å². The van der Waals surface area contributed by atoms with Gasteiger partial charge in [-0.3, -0.25) is 4.79 Å². The van der Waals surface area contributed by atoms with Crippen LogP contribution in [0.25, 0.3) is 10.9 Å². The van der Waals surface area contributed by atoms with E-state index in [0.29, 0.717) is 5.39 Å². The van der Waals surface area contributed by atoms with Crippen molar-refractivity contribution in [3.05, 3.63) is 39.9 Å². The highest BCUT2D eigenvalue weighted by Gasteiger charge is 2.17. The number of nitrogens with one attached hydrogen (secondary N) is 1. The van der Waals surface area contributed by atoms with Crippen LogP contribution in [-0.4, -0.2) is 9.97 Å². The summed E-state index contributed by atoms with van der Waals surface area (Å²) in [6, 6.07) is 5.74. The maximum absolute atomic E-state index is 11.9. The summed E-state index contributed by atoms with van der Waals surface area (Å²) in [4.78, 5) is 19.2. The quantitative estimate of drug-likeness (QED) is 0.735. The van der Waals surface area contributed by atoms with Gasteiger partial charge in [-0.25, -0.2) is 4.98 Å². The first-order chi connectivity index (χ1) is 7.38. The molecule has 0 aliphatic rings. The van der Waals surface area contributed by atoms with E-state index in [2.05, 4.69) is 9.97 Å². The van der Waals surface area contributed by atoms with Crippen LogP contribution in [0.3, 0.4) is 0 Å². The van der Waals surface area contributed by atoms with Crippen LogP contribution in [0.1, 0.15) is 32.2 Å². The summed E-state index contributed by atoms with van der Waals surface area (Å²) in [6.07, 6.45) is 0. The number of H-pyrrole nitrogens is 1. The molecule has 0 bridgehead atoms. The molecule has 0 saturated carbocycles. The Bertz CT molecular complexity index is 591. The fraction of sp³-hybridized carbons (Fsp3) is 0.385. The Morgan fingerprint density at radius 2 is 1.94 bits per heavy atom. The lowest BCUT2D eigenvalue weighted by Gasteiger charge is -2.17. The van der Waals surface area contributed by atoms with Gasteiger partial charge in [0.25, 0.3) is 5.56 Å². The molecule has 3 nitrogen and oxygen atoms in total. The number of hydrogen-bond acceptors (Lipinski definition) is 2. The topological polar surface area (TPSA) is 45.8 Å². The Labute approximate surface area is 94.5 Å². The van der Waals surface area contributed by atoms with Crippen molar-refractivity contribution >= 4 is 10.9 Å². The van der Waals surface area contributed by atoms with E-state index in [9.17, 15) is 4.79 Å². The predicted octanol–water partition coefficient (Wildman–Crippen LogP) is 2.53. The Morgan fingerprint density at radius 3 is 2.56 bits per heavy atom.